The summed E-state index contributed by atoms with van der Waals surface area (Å²) in [5.74, 6) is 1.72. The summed E-state index contributed by atoms with van der Waals surface area (Å²) in [6.45, 7) is 0.315. The normalized spacial score (nSPS) is 14.0. The van der Waals surface area contributed by atoms with Crippen molar-refractivity contribution in [2.24, 2.45) is 0 Å². The number of amides is 1. The van der Waals surface area contributed by atoms with Crippen molar-refractivity contribution in [3.05, 3.63) is 52.5 Å². The molecule has 0 aliphatic heterocycles. The molecule has 0 atom stereocenters. The molecule has 0 N–H and O–H groups in total. The van der Waals surface area contributed by atoms with Gasteiger partial charge in [0, 0.05) is 23.9 Å². The van der Waals surface area contributed by atoms with Crippen molar-refractivity contribution < 1.29 is 9.53 Å². The molecule has 0 bridgehead atoms. The molecule has 0 saturated heterocycles. The van der Waals surface area contributed by atoms with E-state index in [1.807, 2.05) is 24.3 Å². The SMILES string of the molecule is COc1ccccc1N(CCC#N)C(=O)CSc1nnc(Cc2cccs2)n1C1CCCCC1. The van der Waals surface area contributed by atoms with Crippen LogP contribution in [0, 0.1) is 11.3 Å². The molecule has 7 nitrogen and oxygen atoms in total. The smallest absolute Gasteiger partial charge is 0.237 e. The highest BCUT2D eigenvalue weighted by Crippen LogP contribution is 2.34. The summed E-state index contributed by atoms with van der Waals surface area (Å²) in [6, 6.07) is 14.1. The Morgan fingerprint density at radius 3 is 2.79 bits per heavy atom. The van der Waals surface area contributed by atoms with Crippen molar-refractivity contribution in [2.75, 3.05) is 24.3 Å². The number of ether oxygens (including phenoxy) is 1. The number of methoxy groups -OCH3 is 1. The Morgan fingerprint density at radius 1 is 1.24 bits per heavy atom. The van der Waals surface area contributed by atoms with Gasteiger partial charge in [0.2, 0.25) is 5.91 Å². The highest BCUT2D eigenvalue weighted by atomic mass is 32.2. The van der Waals surface area contributed by atoms with Gasteiger partial charge in [0.05, 0.1) is 31.0 Å². The Kier molecular flexibility index (Phi) is 8.61. The Balaban J connectivity index is 1.54. The molecular weight excluding hydrogens is 466 g/mol. The molecule has 0 spiro atoms. The first kappa shape index (κ1) is 24.3. The van der Waals surface area contributed by atoms with Gasteiger partial charge in [0.15, 0.2) is 5.16 Å². The van der Waals surface area contributed by atoms with Gasteiger partial charge in [0.25, 0.3) is 0 Å². The summed E-state index contributed by atoms with van der Waals surface area (Å²) in [4.78, 5) is 16.2. The molecule has 2 heterocycles. The van der Waals surface area contributed by atoms with Crippen LogP contribution in [-0.4, -0.2) is 40.1 Å². The maximum absolute atomic E-state index is 13.3. The molecule has 1 saturated carbocycles. The Hall–Kier alpha value is -2.83. The van der Waals surface area contributed by atoms with Crippen molar-refractivity contribution in [2.45, 2.75) is 56.1 Å². The monoisotopic (exact) mass is 495 g/mol. The first-order valence-corrected chi connectivity index (χ1v) is 13.5. The molecule has 34 heavy (non-hydrogen) atoms. The van der Waals surface area contributed by atoms with E-state index in [1.54, 1.807) is 23.3 Å². The molecule has 4 rings (SSSR count). The van der Waals surface area contributed by atoms with Crippen molar-refractivity contribution >= 4 is 34.7 Å². The van der Waals surface area contributed by atoms with Crippen LogP contribution < -0.4 is 9.64 Å². The van der Waals surface area contributed by atoms with E-state index in [0.717, 1.165) is 30.2 Å². The maximum Gasteiger partial charge on any atom is 0.237 e. The number of para-hydroxylation sites is 2. The first-order valence-electron chi connectivity index (χ1n) is 11.6. The summed E-state index contributed by atoms with van der Waals surface area (Å²) in [7, 11) is 1.59. The fourth-order valence-electron chi connectivity index (χ4n) is 4.40. The van der Waals surface area contributed by atoms with Crippen LogP contribution in [0.2, 0.25) is 0 Å². The molecular formula is C25H29N5O2S2. The van der Waals surface area contributed by atoms with Gasteiger partial charge in [-0.15, -0.1) is 21.5 Å². The molecule has 2 aromatic heterocycles. The lowest BCUT2D eigenvalue weighted by atomic mass is 9.95. The van der Waals surface area contributed by atoms with Crippen molar-refractivity contribution in [1.29, 1.82) is 5.26 Å². The van der Waals surface area contributed by atoms with Crippen LogP contribution in [0.1, 0.15) is 55.3 Å². The van der Waals surface area contributed by atoms with E-state index in [1.165, 1.54) is 35.9 Å². The van der Waals surface area contributed by atoms with E-state index in [4.69, 9.17) is 10.00 Å². The predicted octanol–water partition coefficient (Wildman–Crippen LogP) is 5.48. The zero-order valence-electron chi connectivity index (χ0n) is 19.4. The van der Waals surface area contributed by atoms with Crippen LogP contribution in [0.15, 0.2) is 46.9 Å². The predicted molar refractivity (Wildman–Crippen MR) is 136 cm³/mol. The molecule has 0 radical (unpaired) electrons. The second-order valence-electron chi connectivity index (χ2n) is 8.23. The van der Waals surface area contributed by atoms with Crippen molar-refractivity contribution in [1.82, 2.24) is 14.8 Å². The van der Waals surface area contributed by atoms with Crippen LogP contribution in [0.4, 0.5) is 5.69 Å². The quantitative estimate of drug-likeness (QED) is 0.346. The number of benzene rings is 1. The van der Waals surface area contributed by atoms with Gasteiger partial charge in [-0.2, -0.15) is 5.26 Å². The van der Waals surface area contributed by atoms with Crippen LogP contribution in [0.25, 0.3) is 0 Å². The van der Waals surface area contributed by atoms with Crippen molar-refractivity contribution in [3.63, 3.8) is 0 Å². The average Bonchev–Trinajstić information content (AvgIpc) is 3.54. The third kappa shape index (κ3) is 5.80. The second kappa shape index (κ2) is 12.0. The number of thioether (sulfide) groups is 1. The minimum atomic E-state index is -0.0808. The zero-order valence-corrected chi connectivity index (χ0v) is 21.0. The number of nitriles is 1. The summed E-state index contributed by atoms with van der Waals surface area (Å²) < 4.78 is 7.74. The molecule has 1 aliphatic rings. The maximum atomic E-state index is 13.3. The second-order valence-corrected chi connectivity index (χ2v) is 10.2. The van der Waals surface area contributed by atoms with Crippen LogP contribution in [0.3, 0.4) is 0 Å². The van der Waals surface area contributed by atoms with E-state index >= 15 is 0 Å². The van der Waals surface area contributed by atoms with Gasteiger partial charge in [-0.05, 0) is 36.4 Å². The van der Waals surface area contributed by atoms with Gasteiger partial charge >= 0.3 is 0 Å². The fourth-order valence-corrected chi connectivity index (χ4v) is 6.00. The number of carbonyl (C=O) groups is 1. The lowest BCUT2D eigenvalue weighted by Crippen LogP contribution is -2.33. The topological polar surface area (TPSA) is 84.0 Å². The zero-order chi connectivity index (χ0) is 23.8. The first-order chi connectivity index (χ1) is 16.7. The number of anilines is 1. The Morgan fingerprint density at radius 2 is 2.06 bits per heavy atom. The summed E-state index contributed by atoms with van der Waals surface area (Å²) in [6.07, 6.45) is 6.93. The Labute approximate surface area is 208 Å². The minimum absolute atomic E-state index is 0.0808. The summed E-state index contributed by atoms with van der Waals surface area (Å²) in [5, 5.41) is 21.0. The molecule has 178 valence electrons. The number of rotatable bonds is 10. The fraction of sp³-hybridized carbons (Fsp3) is 0.440. The standard InChI is InChI=1S/C25H29N5O2S2/c1-32-22-13-6-5-12-21(22)29(15-8-14-26)24(31)18-34-25-28-27-23(17-20-11-7-16-33-20)30(25)19-9-3-2-4-10-19/h5-7,11-13,16,19H,2-4,8-10,15,17-18H2,1H3. The third-order valence-electron chi connectivity index (χ3n) is 6.04. The minimum Gasteiger partial charge on any atom is -0.495 e. The molecule has 1 amide bonds. The molecule has 1 aliphatic carbocycles. The molecule has 1 fully saturated rings. The van der Waals surface area contributed by atoms with Gasteiger partial charge in [-0.25, -0.2) is 0 Å². The molecule has 9 heteroatoms. The van der Waals surface area contributed by atoms with Gasteiger partial charge in [-0.3, -0.25) is 4.79 Å². The van der Waals surface area contributed by atoms with Crippen LogP contribution >= 0.6 is 23.1 Å². The van der Waals surface area contributed by atoms with E-state index in [0.29, 0.717) is 24.0 Å². The summed E-state index contributed by atoms with van der Waals surface area (Å²) in [5.41, 5.74) is 0.679. The molecule has 0 unspecified atom stereocenters. The third-order valence-corrected chi connectivity index (χ3v) is 7.84. The lowest BCUT2D eigenvalue weighted by Gasteiger charge is -2.26. The molecule has 3 aromatic rings. The lowest BCUT2D eigenvalue weighted by molar-refractivity contribution is -0.116. The average molecular weight is 496 g/mol. The number of hydrogen-bond acceptors (Lipinski definition) is 7. The van der Waals surface area contributed by atoms with Gasteiger partial charge < -0.3 is 14.2 Å². The number of aromatic nitrogens is 3. The molecule has 1 aromatic carbocycles. The largest absolute Gasteiger partial charge is 0.495 e. The van der Waals surface area contributed by atoms with E-state index in [2.05, 4.69) is 38.3 Å². The van der Waals surface area contributed by atoms with E-state index in [-0.39, 0.29) is 18.1 Å². The number of nitrogens with zero attached hydrogens (tertiary/aromatic N) is 5. The van der Waals surface area contributed by atoms with Crippen LogP contribution in [-0.2, 0) is 11.2 Å². The number of carbonyl (C=O) groups excluding carboxylic acids is 1. The summed E-state index contributed by atoms with van der Waals surface area (Å²) >= 11 is 3.16. The highest BCUT2D eigenvalue weighted by molar-refractivity contribution is 7.99. The Bertz CT molecular complexity index is 1120. The van der Waals surface area contributed by atoms with Crippen molar-refractivity contribution in [3.8, 4) is 11.8 Å². The highest BCUT2D eigenvalue weighted by Gasteiger charge is 2.25. The van der Waals surface area contributed by atoms with E-state index < -0.39 is 0 Å². The number of hydrogen-bond donors (Lipinski definition) is 0. The van der Waals surface area contributed by atoms with Gasteiger partial charge in [-0.1, -0.05) is 49.2 Å². The van der Waals surface area contributed by atoms with Gasteiger partial charge in [0.1, 0.15) is 11.6 Å². The number of thiophene rings is 1. The van der Waals surface area contributed by atoms with E-state index in [9.17, 15) is 4.79 Å². The van der Waals surface area contributed by atoms with Crippen LogP contribution in [0.5, 0.6) is 5.75 Å².